The lowest BCUT2D eigenvalue weighted by atomic mass is 10.1. The van der Waals surface area contributed by atoms with Gasteiger partial charge in [-0.25, -0.2) is 4.39 Å². The van der Waals surface area contributed by atoms with Gasteiger partial charge in [-0.1, -0.05) is 18.2 Å². The van der Waals surface area contributed by atoms with Crippen LogP contribution >= 0.6 is 0 Å². The lowest BCUT2D eigenvalue weighted by Crippen LogP contribution is -2.36. The van der Waals surface area contributed by atoms with E-state index in [1.54, 1.807) is 6.07 Å². The second kappa shape index (κ2) is 7.72. The normalized spacial score (nSPS) is 17.8. The minimum Gasteiger partial charge on any atom is -0.312 e. The van der Waals surface area contributed by atoms with Crippen molar-refractivity contribution in [1.29, 1.82) is 0 Å². The molecule has 1 N–H and O–H groups in total. The number of rotatable bonds is 7. The second-order valence-corrected chi connectivity index (χ2v) is 5.67. The number of benzene rings is 1. The highest BCUT2D eigenvalue weighted by Gasteiger charge is 2.17. The molecule has 0 spiro atoms. The SMILES string of the molecule is CNC(CN(C)CCN1CCCC1)c1ccccc1F. The van der Waals surface area contributed by atoms with Crippen molar-refractivity contribution in [2.75, 3.05) is 46.8 Å². The van der Waals surface area contributed by atoms with E-state index < -0.39 is 0 Å². The van der Waals surface area contributed by atoms with Crippen LogP contribution in [0.5, 0.6) is 0 Å². The van der Waals surface area contributed by atoms with Crippen LogP contribution in [0.4, 0.5) is 4.39 Å². The predicted octanol–water partition coefficient (Wildman–Crippen LogP) is 2.11. The summed E-state index contributed by atoms with van der Waals surface area (Å²) in [4.78, 5) is 4.79. The molecule has 0 aromatic heterocycles. The number of hydrogen-bond acceptors (Lipinski definition) is 3. The van der Waals surface area contributed by atoms with Crippen LogP contribution in [0.2, 0.25) is 0 Å². The Hall–Kier alpha value is -0.970. The Labute approximate surface area is 121 Å². The van der Waals surface area contributed by atoms with Gasteiger partial charge in [0.1, 0.15) is 5.82 Å². The van der Waals surface area contributed by atoms with Crippen LogP contribution in [-0.4, -0.2) is 56.6 Å². The fraction of sp³-hybridized carbons (Fsp3) is 0.625. The number of likely N-dealkylation sites (N-methyl/N-ethyl adjacent to an activating group) is 2. The van der Waals surface area contributed by atoms with E-state index in [4.69, 9.17) is 0 Å². The van der Waals surface area contributed by atoms with E-state index in [1.807, 2.05) is 19.2 Å². The number of halogens is 1. The number of likely N-dealkylation sites (tertiary alicyclic amines) is 1. The zero-order valence-corrected chi connectivity index (χ0v) is 12.6. The molecule has 1 aliphatic heterocycles. The molecule has 1 unspecified atom stereocenters. The first kappa shape index (κ1) is 15.4. The third kappa shape index (κ3) is 4.27. The Balaban J connectivity index is 1.84. The first-order chi connectivity index (χ1) is 9.70. The third-order valence-corrected chi connectivity index (χ3v) is 4.12. The largest absolute Gasteiger partial charge is 0.312 e. The molecule has 0 saturated carbocycles. The molecule has 1 atom stereocenters. The molecule has 1 fully saturated rings. The van der Waals surface area contributed by atoms with Crippen LogP contribution in [0.1, 0.15) is 24.4 Å². The highest BCUT2D eigenvalue weighted by atomic mass is 19.1. The van der Waals surface area contributed by atoms with E-state index in [1.165, 1.54) is 32.0 Å². The highest BCUT2D eigenvalue weighted by Crippen LogP contribution is 2.17. The van der Waals surface area contributed by atoms with Gasteiger partial charge in [-0.3, -0.25) is 0 Å². The van der Waals surface area contributed by atoms with Gasteiger partial charge in [-0.15, -0.1) is 0 Å². The molecule has 3 nitrogen and oxygen atoms in total. The van der Waals surface area contributed by atoms with E-state index in [9.17, 15) is 4.39 Å². The van der Waals surface area contributed by atoms with E-state index in [0.717, 1.165) is 25.2 Å². The summed E-state index contributed by atoms with van der Waals surface area (Å²) in [7, 11) is 4.01. The van der Waals surface area contributed by atoms with Crippen molar-refractivity contribution >= 4 is 0 Å². The Morgan fingerprint density at radius 3 is 2.65 bits per heavy atom. The quantitative estimate of drug-likeness (QED) is 0.825. The summed E-state index contributed by atoms with van der Waals surface area (Å²) in [6.07, 6.45) is 2.66. The molecule has 1 saturated heterocycles. The molecule has 112 valence electrons. The minimum atomic E-state index is -0.125. The van der Waals surface area contributed by atoms with Crippen LogP contribution in [-0.2, 0) is 0 Å². The number of nitrogens with one attached hydrogen (secondary N) is 1. The standard InChI is InChI=1S/C16H26FN3/c1-18-16(14-7-3-4-8-15(14)17)13-19(2)11-12-20-9-5-6-10-20/h3-4,7-8,16,18H,5-6,9-13H2,1-2H3. The minimum absolute atomic E-state index is 0.0415. The molecule has 20 heavy (non-hydrogen) atoms. The van der Waals surface area contributed by atoms with Crippen LogP contribution in [0.15, 0.2) is 24.3 Å². The summed E-state index contributed by atoms with van der Waals surface area (Å²) in [5, 5.41) is 3.22. The zero-order valence-electron chi connectivity index (χ0n) is 12.6. The average molecular weight is 279 g/mol. The molecule has 1 aromatic rings. The van der Waals surface area contributed by atoms with Gasteiger partial charge in [0, 0.05) is 31.2 Å². The zero-order chi connectivity index (χ0) is 14.4. The smallest absolute Gasteiger partial charge is 0.128 e. The molecule has 0 aliphatic carbocycles. The predicted molar refractivity (Wildman–Crippen MR) is 81.4 cm³/mol. The van der Waals surface area contributed by atoms with Gasteiger partial charge in [-0.2, -0.15) is 0 Å². The number of hydrogen-bond donors (Lipinski definition) is 1. The van der Waals surface area contributed by atoms with Crippen molar-refractivity contribution in [2.24, 2.45) is 0 Å². The summed E-state index contributed by atoms with van der Waals surface area (Å²) in [6.45, 7) is 5.44. The maximum Gasteiger partial charge on any atom is 0.128 e. The van der Waals surface area contributed by atoms with Crippen molar-refractivity contribution in [3.05, 3.63) is 35.6 Å². The van der Waals surface area contributed by atoms with Gasteiger partial charge in [0.15, 0.2) is 0 Å². The van der Waals surface area contributed by atoms with E-state index in [0.29, 0.717) is 0 Å². The van der Waals surface area contributed by atoms with Gasteiger partial charge in [0.25, 0.3) is 0 Å². The Bertz CT molecular complexity index is 404. The van der Waals surface area contributed by atoms with Gasteiger partial charge >= 0.3 is 0 Å². The molecule has 1 aliphatic rings. The fourth-order valence-corrected chi connectivity index (χ4v) is 2.82. The first-order valence-electron chi connectivity index (χ1n) is 7.53. The van der Waals surface area contributed by atoms with Crippen LogP contribution in [0.25, 0.3) is 0 Å². The Morgan fingerprint density at radius 2 is 2.00 bits per heavy atom. The molecule has 0 bridgehead atoms. The topological polar surface area (TPSA) is 18.5 Å². The van der Waals surface area contributed by atoms with Crippen molar-refractivity contribution in [1.82, 2.24) is 15.1 Å². The average Bonchev–Trinajstić information content (AvgIpc) is 2.97. The summed E-state index contributed by atoms with van der Waals surface area (Å²) in [6, 6.07) is 7.07. The van der Waals surface area contributed by atoms with Crippen LogP contribution in [0.3, 0.4) is 0 Å². The van der Waals surface area contributed by atoms with Gasteiger partial charge in [-0.05, 0) is 46.1 Å². The fourth-order valence-electron chi connectivity index (χ4n) is 2.82. The van der Waals surface area contributed by atoms with Gasteiger partial charge < -0.3 is 15.1 Å². The Kier molecular flexibility index (Phi) is 5.95. The molecular weight excluding hydrogens is 253 g/mol. The second-order valence-electron chi connectivity index (χ2n) is 5.67. The molecule has 1 aromatic carbocycles. The van der Waals surface area contributed by atoms with Crippen LogP contribution < -0.4 is 5.32 Å². The van der Waals surface area contributed by atoms with Crippen molar-refractivity contribution < 1.29 is 4.39 Å². The highest BCUT2D eigenvalue weighted by molar-refractivity contribution is 5.21. The summed E-state index contributed by atoms with van der Waals surface area (Å²) in [5.41, 5.74) is 0.753. The molecule has 0 radical (unpaired) electrons. The van der Waals surface area contributed by atoms with E-state index in [-0.39, 0.29) is 11.9 Å². The van der Waals surface area contributed by atoms with Crippen LogP contribution in [0, 0.1) is 5.82 Å². The maximum absolute atomic E-state index is 13.8. The third-order valence-electron chi connectivity index (χ3n) is 4.12. The summed E-state index contributed by atoms with van der Waals surface area (Å²) < 4.78 is 13.8. The van der Waals surface area contributed by atoms with E-state index >= 15 is 0 Å². The lowest BCUT2D eigenvalue weighted by Gasteiger charge is -2.26. The van der Waals surface area contributed by atoms with Gasteiger partial charge in [0.05, 0.1) is 0 Å². The maximum atomic E-state index is 13.8. The molecule has 4 heteroatoms. The van der Waals surface area contributed by atoms with Crippen molar-refractivity contribution in [2.45, 2.75) is 18.9 Å². The van der Waals surface area contributed by atoms with Crippen molar-refractivity contribution in [3.63, 3.8) is 0 Å². The van der Waals surface area contributed by atoms with E-state index in [2.05, 4.69) is 22.2 Å². The molecular formula is C16H26FN3. The lowest BCUT2D eigenvalue weighted by molar-refractivity contribution is 0.240. The summed E-state index contributed by atoms with van der Waals surface area (Å²) >= 11 is 0. The molecule has 0 amide bonds. The Morgan fingerprint density at radius 1 is 1.30 bits per heavy atom. The molecule has 2 rings (SSSR count). The van der Waals surface area contributed by atoms with Crippen molar-refractivity contribution in [3.8, 4) is 0 Å². The molecule has 1 heterocycles. The summed E-state index contributed by atoms with van der Waals surface area (Å²) in [5.74, 6) is -0.125. The first-order valence-corrected chi connectivity index (χ1v) is 7.53. The monoisotopic (exact) mass is 279 g/mol. The van der Waals surface area contributed by atoms with Gasteiger partial charge in [0.2, 0.25) is 0 Å². The number of nitrogens with zero attached hydrogens (tertiary/aromatic N) is 2.